The minimum atomic E-state index is -0.269. The van der Waals surface area contributed by atoms with Crippen LogP contribution < -0.4 is 0 Å². The summed E-state index contributed by atoms with van der Waals surface area (Å²) < 4.78 is 5.76. The van der Waals surface area contributed by atoms with Crippen LogP contribution in [0.25, 0.3) is 0 Å². The highest BCUT2D eigenvalue weighted by Crippen LogP contribution is 2.43. The van der Waals surface area contributed by atoms with Gasteiger partial charge in [-0.15, -0.1) is 0 Å². The van der Waals surface area contributed by atoms with E-state index in [4.69, 9.17) is 4.74 Å². The predicted molar refractivity (Wildman–Crippen MR) is 117 cm³/mol. The summed E-state index contributed by atoms with van der Waals surface area (Å²) in [6.07, 6.45) is 10.0. The van der Waals surface area contributed by atoms with Gasteiger partial charge in [-0.05, 0) is 77.8 Å². The zero-order valence-corrected chi connectivity index (χ0v) is 19.4. The third kappa shape index (κ3) is 4.27. The number of hydrogen-bond donors (Lipinski definition) is 0. The van der Waals surface area contributed by atoms with Gasteiger partial charge in [-0.1, -0.05) is 12.8 Å². The molecule has 0 aromatic carbocycles. The van der Waals surface area contributed by atoms with Gasteiger partial charge >= 0.3 is 0 Å². The van der Waals surface area contributed by atoms with Crippen molar-refractivity contribution in [3.63, 3.8) is 0 Å². The molecule has 170 valence electrons. The molecule has 2 aliphatic heterocycles. The summed E-state index contributed by atoms with van der Waals surface area (Å²) in [4.78, 5) is 32.5. The van der Waals surface area contributed by atoms with Crippen molar-refractivity contribution in [3.05, 3.63) is 0 Å². The largest absolute Gasteiger partial charge is 0.368 e. The predicted octanol–water partition coefficient (Wildman–Crippen LogP) is 2.90. The number of amides is 2. The van der Waals surface area contributed by atoms with E-state index in [2.05, 4.69) is 35.7 Å². The molecule has 4 fully saturated rings. The molecule has 7 atom stereocenters. The normalized spacial score (nSPS) is 39.8. The Bertz CT molecular complexity index is 633. The molecule has 6 unspecified atom stereocenters. The number of carbonyl (C=O) groups excluding carboxylic acids is 2. The molecule has 4 aliphatic rings. The topological polar surface area (TPSA) is 53.1 Å². The van der Waals surface area contributed by atoms with E-state index in [1.165, 1.54) is 32.1 Å². The fraction of sp³-hybridized carbons (Fsp3) is 0.917. The summed E-state index contributed by atoms with van der Waals surface area (Å²) in [6.45, 7) is 5.14. The minimum absolute atomic E-state index is 0.0819. The van der Waals surface area contributed by atoms with Gasteiger partial charge in [0.05, 0.1) is 12.1 Å². The van der Waals surface area contributed by atoms with Crippen LogP contribution in [0.4, 0.5) is 0 Å². The van der Waals surface area contributed by atoms with Gasteiger partial charge in [-0.2, -0.15) is 0 Å². The van der Waals surface area contributed by atoms with Crippen molar-refractivity contribution in [2.45, 2.75) is 102 Å². The van der Waals surface area contributed by atoms with Crippen molar-refractivity contribution in [2.24, 2.45) is 11.8 Å². The van der Waals surface area contributed by atoms with Gasteiger partial charge in [0.2, 0.25) is 5.91 Å². The van der Waals surface area contributed by atoms with E-state index in [-0.39, 0.29) is 36.0 Å². The van der Waals surface area contributed by atoms with Gasteiger partial charge in [-0.3, -0.25) is 9.59 Å². The number of fused-ring (bicyclic) bond motifs is 1. The Labute approximate surface area is 182 Å². The van der Waals surface area contributed by atoms with Crippen LogP contribution in [0.15, 0.2) is 0 Å². The van der Waals surface area contributed by atoms with Crippen molar-refractivity contribution in [2.75, 3.05) is 27.2 Å². The molecular weight excluding hydrogens is 378 g/mol. The molecule has 4 rings (SSSR count). The van der Waals surface area contributed by atoms with Crippen LogP contribution >= 0.6 is 0 Å². The van der Waals surface area contributed by atoms with Crippen LogP contribution in [-0.2, 0) is 14.3 Å². The molecule has 2 saturated heterocycles. The average molecular weight is 420 g/mol. The second-order valence-electron chi connectivity index (χ2n) is 10.5. The molecular formula is C24H41N3O3. The Morgan fingerprint density at radius 3 is 2.37 bits per heavy atom. The molecule has 0 aromatic heterocycles. The maximum Gasteiger partial charge on any atom is 0.252 e. The first-order valence-electron chi connectivity index (χ1n) is 12.2. The van der Waals surface area contributed by atoms with E-state index in [0.717, 1.165) is 31.6 Å². The SMILES string of the molecule is CC(=O)N1C2CCC(C3CCCC(N(C)C)C3)CC2N(C(=O)C2CCCO2)C[C@@H]1C. The number of ether oxygens (including phenoxy) is 1. The molecule has 2 heterocycles. The van der Waals surface area contributed by atoms with Gasteiger partial charge in [0.1, 0.15) is 6.10 Å². The Morgan fingerprint density at radius 2 is 1.70 bits per heavy atom. The lowest BCUT2D eigenvalue weighted by molar-refractivity contribution is -0.160. The summed E-state index contributed by atoms with van der Waals surface area (Å²) in [5.41, 5.74) is 0. The molecule has 2 aliphatic carbocycles. The highest BCUT2D eigenvalue weighted by molar-refractivity contribution is 5.82. The van der Waals surface area contributed by atoms with E-state index in [0.29, 0.717) is 25.1 Å². The zero-order valence-electron chi connectivity index (χ0n) is 19.4. The van der Waals surface area contributed by atoms with Crippen LogP contribution in [0.3, 0.4) is 0 Å². The number of piperazine rings is 1. The molecule has 2 amide bonds. The lowest BCUT2D eigenvalue weighted by Gasteiger charge is -2.55. The van der Waals surface area contributed by atoms with Crippen molar-refractivity contribution >= 4 is 11.8 Å². The molecule has 0 bridgehead atoms. The third-order valence-corrected chi connectivity index (χ3v) is 8.45. The number of nitrogens with zero attached hydrogens (tertiary/aromatic N) is 3. The summed E-state index contributed by atoms with van der Waals surface area (Å²) in [5.74, 6) is 1.74. The van der Waals surface area contributed by atoms with Gasteiger partial charge in [0.25, 0.3) is 5.91 Å². The first-order chi connectivity index (χ1) is 14.4. The van der Waals surface area contributed by atoms with Crippen LogP contribution in [0.1, 0.15) is 71.6 Å². The molecule has 6 nitrogen and oxygen atoms in total. The molecule has 6 heteroatoms. The molecule has 2 saturated carbocycles. The molecule has 30 heavy (non-hydrogen) atoms. The van der Waals surface area contributed by atoms with Crippen molar-refractivity contribution < 1.29 is 14.3 Å². The Morgan fingerprint density at radius 1 is 0.933 bits per heavy atom. The Hall–Kier alpha value is -1.14. The van der Waals surface area contributed by atoms with E-state index < -0.39 is 0 Å². The van der Waals surface area contributed by atoms with Gasteiger partial charge < -0.3 is 19.4 Å². The van der Waals surface area contributed by atoms with Crippen molar-refractivity contribution in [1.29, 1.82) is 0 Å². The molecule has 0 aromatic rings. The van der Waals surface area contributed by atoms with Gasteiger partial charge in [0, 0.05) is 32.2 Å². The smallest absolute Gasteiger partial charge is 0.252 e. The number of carbonyl (C=O) groups is 2. The second kappa shape index (κ2) is 9.15. The summed E-state index contributed by atoms with van der Waals surface area (Å²) in [7, 11) is 4.42. The molecule has 0 N–H and O–H groups in total. The monoisotopic (exact) mass is 419 g/mol. The fourth-order valence-electron chi connectivity index (χ4n) is 6.94. The fourth-order valence-corrected chi connectivity index (χ4v) is 6.94. The highest BCUT2D eigenvalue weighted by atomic mass is 16.5. The van der Waals surface area contributed by atoms with E-state index in [1.807, 2.05) is 0 Å². The van der Waals surface area contributed by atoms with Crippen LogP contribution in [0.5, 0.6) is 0 Å². The summed E-state index contributed by atoms with van der Waals surface area (Å²) in [6, 6.07) is 1.09. The standard InChI is InChI=1S/C24H41N3O3/c1-16-15-26(24(29)23-9-6-12-30-23)22-14-19(10-11-21(22)27(16)17(2)28)18-7-5-8-20(13-18)25(3)4/h16,18-23H,5-15H2,1-4H3/t16-,18?,19?,20?,21?,22?,23?/m0/s1. The zero-order chi connectivity index (χ0) is 21.4. The summed E-state index contributed by atoms with van der Waals surface area (Å²) >= 11 is 0. The van der Waals surface area contributed by atoms with Crippen LogP contribution in [0, 0.1) is 11.8 Å². The lowest BCUT2D eigenvalue weighted by Crippen LogP contribution is -2.68. The lowest BCUT2D eigenvalue weighted by atomic mass is 9.68. The van der Waals surface area contributed by atoms with Crippen LogP contribution in [0.2, 0.25) is 0 Å². The Balaban J connectivity index is 1.53. The van der Waals surface area contributed by atoms with Crippen LogP contribution in [-0.4, -0.2) is 84.0 Å². The Kier molecular flexibility index (Phi) is 6.73. The summed E-state index contributed by atoms with van der Waals surface area (Å²) in [5, 5.41) is 0. The quantitative estimate of drug-likeness (QED) is 0.706. The van der Waals surface area contributed by atoms with E-state index >= 15 is 0 Å². The average Bonchev–Trinajstić information content (AvgIpc) is 3.27. The maximum absolute atomic E-state index is 13.4. The third-order valence-electron chi connectivity index (χ3n) is 8.45. The number of rotatable bonds is 3. The molecule has 0 radical (unpaired) electrons. The van der Waals surface area contributed by atoms with Gasteiger partial charge in [-0.25, -0.2) is 0 Å². The first kappa shape index (κ1) is 22.1. The number of hydrogen-bond acceptors (Lipinski definition) is 4. The maximum atomic E-state index is 13.4. The highest BCUT2D eigenvalue weighted by Gasteiger charge is 2.48. The van der Waals surface area contributed by atoms with E-state index in [1.54, 1.807) is 6.92 Å². The molecule has 0 spiro atoms. The van der Waals surface area contributed by atoms with Crippen molar-refractivity contribution in [3.8, 4) is 0 Å². The second-order valence-corrected chi connectivity index (χ2v) is 10.5. The first-order valence-corrected chi connectivity index (χ1v) is 12.2. The van der Waals surface area contributed by atoms with Gasteiger partial charge in [0.15, 0.2) is 0 Å². The van der Waals surface area contributed by atoms with E-state index in [9.17, 15) is 9.59 Å². The van der Waals surface area contributed by atoms with Crippen molar-refractivity contribution in [1.82, 2.24) is 14.7 Å². The minimum Gasteiger partial charge on any atom is -0.368 e.